The fraction of sp³-hybridized carbons (Fsp3) is 0.727. The van der Waals surface area contributed by atoms with Gasteiger partial charge in [0.05, 0.1) is 0 Å². The van der Waals surface area contributed by atoms with Gasteiger partial charge in [-0.25, -0.2) is 0 Å². The molecule has 0 amide bonds. The summed E-state index contributed by atoms with van der Waals surface area (Å²) in [5, 5.41) is 0. The lowest BCUT2D eigenvalue weighted by molar-refractivity contribution is -0.00520. The Hall–Kier alpha value is -0.730. The van der Waals surface area contributed by atoms with E-state index < -0.39 is 0 Å². The van der Waals surface area contributed by atoms with Crippen LogP contribution in [-0.2, 0) is 5.41 Å². The third-order valence-corrected chi connectivity index (χ3v) is 7.08. The number of hydrogen-bond acceptors (Lipinski definition) is 2. The zero-order valence-electron chi connectivity index (χ0n) is 15.9. The predicted molar refractivity (Wildman–Crippen MR) is 107 cm³/mol. The van der Waals surface area contributed by atoms with Gasteiger partial charge in [0.25, 0.3) is 0 Å². The van der Waals surface area contributed by atoms with E-state index in [1.807, 2.05) is 0 Å². The first-order valence-corrected chi connectivity index (χ1v) is 10.2. The fourth-order valence-electron chi connectivity index (χ4n) is 6.20. The van der Waals surface area contributed by atoms with Crippen molar-refractivity contribution in [3.63, 3.8) is 0 Å². The summed E-state index contributed by atoms with van der Waals surface area (Å²) in [7, 11) is 0. The molecule has 1 aromatic rings. The first-order chi connectivity index (χ1) is 11.7. The smallest absolute Gasteiger partial charge is 0.119 e. The Morgan fingerprint density at radius 1 is 0.920 bits per heavy atom. The van der Waals surface area contributed by atoms with Crippen LogP contribution in [0.15, 0.2) is 24.3 Å². The van der Waals surface area contributed by atoms with Gasteiger partial charge in [0, 0.05) is 6.54 Å². The number of rotatable bonds is 7. The lowest BCUT2D eigenvalue weighted by Gasteiger charge is -2.57. The number of nitrogens with zero attached hydrogens (tertiary/aromatic N) is 1. The Bertz CT molecular complexity index is 516. The van der Waals surface area contributed by atoms with Crippen molar-refractivity contribution in [1.82, 2.24) is 4.90 Å². The molecule has 0 unspecified atom stereocenters. The summed E-state index contributed by atoms with van der Waals surface area (Å²) in [6.07, 6.45) is 8.90. The Labute approximate surface area is 159 Å². The molecule has 5 rings (SSSR count). The van der Waals surface area contributed by atoms with Gasteiger partial charge in [0.2, 0.25) is 0 Å². The van der Waals surface area contributed by atoms with Crippen molar-refractivity contribution < 1.29 is 4.74 Å². The summed E-state index contributed by atoms with van der Waals surface area (Å²) >= 11 is 0. The van der Waals surface area contributed by atoms with Gasteiger partial charge in [0.15, 0.2) is 0 Å². The maximum absolute atomic E-state index is 5.97. The molecular weight excluding hydrogens is 330 g/mol. The van der Waals surface area contributed by atoms with Crippen molar-refractivity contribution >= 4 is 12.4 Å². The van der Waals surface area contributed by atoms with Gasteiger partial charge in [0.1, 0.15) is 12.4 Å². The topological polar surface area (TPSA) is 12.5 Å². The van der Waals surface area contributed by atoms with Gasteiger partial charge < -0.3 is 9.64 Å². The summed E-state index contributed by atoms with van der Waals surface area (Å²) in [6.45, 7) is 8.44. The van der Waals surface area contributed by atoms with Crippen LogP contribution in [0, 0.1) is 17.8 Å². The minimum Gasteiger partial charge on any atom is -0.492 e. The molecule has 0 atom stereocenters. The van der Waals surface area contributed by atoms with Crippen LogP contribution in [0.5, 0.6) is 5.75 Å². The van der Waals surface area contributed by atoms with Crippen molar-refractivity contribution in [2.45, 2.75) is 57.8 Å². The highest BCUT2D eigenvalue weighted by molar-refractivity contribution is 5.85. The summed E-state index contributed by atoms with van der Waals surface area (Å²) in [6, 6.07) is 9.19. The molecule has 0 N–H and O–H groups in total. The predicted octanol–water partition coefficient (Wildman–Crippen LogP) is 5.30. The normalized spacial score (nSPS) is 32.7. The highest BCUT2D eigenvalue weighted by Crippen LogP contribution is 2.60. The Kier molecular flexibility index (Phi) is 6.00. The molecule has 1 aromatic carbocycles. The molecule has 3 heteroatoms. The first kappa shape index (κ1) is 19.0. The van der Waals surface area contributed by atoms with Crippen LogP contribution in [0.25, 0.3) is 0 Å². The van der Waals surface area contributed by atoms with Crippen molar-refractivity contribution in [1.29, 1.82) is 0 Å². The molecule has 0 aromatic heterocycles. The van der Waals surface area contributed by atoms with E-state index in [2.05, 4.69) is 43.0 Å². The van der Waals surface area contributed by atoms with Crippen molar-refractivity contribution in [3.8, 4) is 5.75 Å². The second-order valence-corrected chi connectivity index (χ2v) is 8.60. The zero-order valence-corrected chi connectivity index (χ0v) is 16.7. The number of likely N-dealkylation sites (N-methyl/N-ethyl adjacent to an activating group) is 1. The molecule has 0 saturated heterocycles. The number of hydrogen-bond donors (Lipinski definition) is 0. The number of benzene rings is 1. The molecule has 4 fully saturated rings. The minimum atomic E-state index is 0. The van der Waals surface area contributed by atoms with E-state index in [0.29, 0.717) is 5.41 Å². The quantitative estimate of drug-likeness (QED) is 0.652. The van der Waals surface area contributed by atoms with E-state index in [0.717, 1.165) is 49.7 Å². The van der Waals surface area contributed by atoms with E-state index in [1.165, 1.54) is 38.5 Å². The van der Waals surface area contributed by atoms with Gasteiger partial charge >= 0.3 is 0 Å². The monoisotopic (exact) mass is 363 g/mol. The molecule has 4 aliphatic rings. The minimum absolute atomic E-state index is 0. The highest BCUT2D eigenvalue weighted by atomic mass is 35.5. The van der Waals surface area contributed by atoms with Crippen LogP contribution >= 0.6 is 12.4 Å². The van der Waals surface area contributed by atoms with Gasteiger partial charge in [-0.1, -0.05) is 26.0 Å². The maximum Gasteiger partial charge on any atom is 0.119 e. The van der Waals surface area contributed by atoms with Crippen LogP contribution in [-0.4, -0.2) is 31.1 Å². The molecule has 4 bridgehead atoms. The molecule has 0 radical (unpaired) electrons. The summed E-state index contributed by atoms with van der Waals surface area (Å²) < 4.78 is 5.97. The van der Waals surface area contributed by atoms with Crippen molar-refractivity contribution in [2.24, 2.45) is 17.8 Å². The number of ether oxygens (including phenoxy) is 1. The highest BCUT2D eigenvalue weighted by Gasteiger charge is 2.51. The maximum atomic E-state index is 5.97. The van der Waals surface area contributed by atoms with E-state index in [9.17, 15) is 0 Å². The molecule has 0 spiro atoms. The second-order valence-electron chi connectivity index (χ2n) is 8.60. The van der Waals surface area contributed by atoms with Gasteiger partial charge in [-0.15, -0.1) is 12.4 Å². The SMILES string of the molecule is CCN(CC)CCOc1ccc(C23CC4CC(CC(C4)C2)C3)cc1.Cl. The first-order valence-electron chi connectivity index (χ1n) is 10.2. The van der Waals surface area contributed by atoms with Gasteiger partial charge in [-0.05, 0) is 92.5 Å². The van der Waals surface area contributed by atoms with Gasteiger partial charge in [-0.2, -0.15) is 0 Å². The van der Waals surface area contributed by atoms with E-state index in [-0.39, 0.29) is 12.4 Å². The third kappa shape index (κ3) is 3.85. The van der Waals surface area contributed by atoms with Crippen LogP contribution in [0.3, 0.4) is 0 Å². The Morgan fingerprint density at radius 3 is 1.92 bits per heavy atom. The zero-order chi connectivity index (χ0) is 16.6. The van der Waals surface area contributed by atoms with Crippen LogP contribution in [0.4, 0.5) is 0 Å². The lowest BCUT2D eigenvalue weighted by atomic mass is 9.48. The average Bonchev–Trinajstić information content (AvgIpc) is 2.58. The van der Waals surface area contributed by atoms with E-state index in [1.54, 1.807) is 5.56 Å². The molecule has 140 valence electrons. The lowest BCUT2D eigenvalue weighted by Crippen LogP contribution is -2.48. The molecule has 0 heterocycles. The Morgan fingerprint density at radius 2 is 1.44 bits per heavy atom. The Balaban J connectivity index is 0.00000182. The van der Waals surface area contributed by atoms with Crippen LogP contribution in [0.2, 0.25) is 0 Å². The average molecular weight is 364 g/mol. The van der Waals surface area contributed by atoms with Crippen LogP contribution in [0.1, 0.15) is 57.9 Å². The third-order valence-electron chi connectivity index (χ3n) is 7.08. The summed E-state index contributed by atoms with van der Waals surface area (Å²) in [5.74, 6) is 4.08. The molecule has 2 nitrogen and oxygen atoms in total. The second kappa shape index (κ2) is 7.88. The molecule has 0 aliphatic heterocycles. The van der Waals surface area contributed by atoms with Crippen LogP contribution < -0.4 is 4.74 Å². The largest absolute Gasteiger partial charge is 0.492 e. The standard InChI is InChI=1S/C22H33NO.ClH/c1-3-23(4-2)9-10-24-21-7-5-20(6-8-21)22-14-17-11-18(15-22)13-19(12-17)16-22;/h5-8,17-19H,3-4,9-16H2,1-2H3;1H. The summed E-state index contributed by atoms with van der Waals surface area (Å²) in [5.41, 5.74) is 2.10. The van der Waals surface area contributed by atoms with Crippen molar-refractivity contribution in [2.75, 3.05) is 26.2 Å². The van der Waals surface area contributed by atoms with E-state index in [4.69, 9.17) is 4.74 Å². The molecule has 4 aliphatic carbocycles. The molecular formula is C22H34ClNO. The fourth-order valence-corrected chi connectivity index (χ4v) is 6.20. The summed E-state index contributed by atoms with van der Waals surface area (Å²) in [4.78, 5) is 2.41. The van der Waals surface area contributed by atoms with Gasteiger partial charge in [-0.3, -0.25) is 0 Å². The molecule has 4 saturated carbocycles. The van der Waals surface area contributed by atoms with E-state index >= 15 is 0 Å². The number of halogens is 1. The molecule has 25 heavy (non-hydrogen) atoms. The van der Waals surface area contributed by atoms with Crippen molar-refractivity contribution in [3.05, 3.63) is 29.8 Å².